The second-order valence-electron chi connectivity index (χ2n) is 4.70. The molecule has 3 heteroatoms. The van der Waals surface area contributed by atoms with Crippen LogP contribution in [0.5, 0.6) is 0 Å². The molecule has 0 saturated carbocycles. The molecule has 1 N–H and O–H groups in total. The van der Waals surface area contributed by atoms with Gasteiger partial charge >= 0.3 is 0 Å². The van der Waals surface area contributed by atoms with Crippen LogP contribution in [0, 0.1) is 12.7 Å². The van der Waals surface area contributed by atoms with Crippen LogP contribution in [-0.2, 0) is 6.61 Å². The molecule has 0 spiro atoms. The summed E-state index contributed by atoms with van der Waals surface area (Å²) in [5.74, 6) is 1.50. The minimum Gasteiger partial charge on any atom is -0.465 e. The van der Waals surface area contributed by atoms with Crippen molar-refractivity contribution in [3.63, 3.8) is 0 Å². The molecule has 0 bridgehead atoms. The zero-order valence-electron chi connectivity index (χ0n) is 10.8. The van der Waals surface area contributed by atoms with Crippen molar-refractivity contribution >= 4 is 0 Å². The molecule has 1 aromatic carbocycles. The average Bonchev–Trinajstić information content (AvgIpc) is 2.67. The second-order valence-corrected chi connectivity index (χ2v) is 4.70. The third-order valence-corrected chi connectivity index (χ3v) is 3.03. The van der Waals surface area contributed by atoms with Crippen LogP contribution in [0.15, 0.2) is 28.7 Å². The van der Waals surface area contributed by atoms with Gasteiger partial charge in [-0.15, -0.1) is 0 Å². The van der Waals surface area contributed by atoms with Crippen LogP contribution >= 0.6 is 0 Å². The van der Waals surface area contributed by atoms with Crippen molar-refractivity contribution in [2.24, 2.45) is 0 Å². The van der Waals surface area contributed by atoms with Gasteiger partial charge in [0, 0.05) is 17.0 Å². The van der Waals surface area contributed by atoms with E-state index in [1.165, 1.54) is 12.1 Å². The minimum absolute atomic E-state index is 0.0719. The molecule has 2 aromatic rings. The molecule has 0 amide bonds. The van der Waals surface area contributed by atoms with Gasteiger partial charge in [0.05, 0.1) is 6.61 Å². The number of aliphatic hydroxyl groups is 1. The van der Waals surface area contributed by atoms with Crippen LogP contribution in [-0.4, -0.2) is 5.11 Å². The summed E-state index contributed by atoms with van der Waals surface area (Å²) in [6.45, 7) is 5.83. The van der Waals surface area contributed by atoms with Gasteiger partial charge in [-0.1, -0.05) is 26.0 Å². The number of halogens is 1. The predicted octanol–water partition coefficient (Wildman–Crippen LogP) is 4.01. The Kier molecular flexibility index (Phi) is 3.53. The van der Waals surface area contributed by atoms with Gasteiger partial charge in [0.15, 0.2) is 0 Å². The Balaban J connectivity index is 2.59. The van der Waals surface area contributed by atoms with Gasteiger partial charge in [0.25, 0.3) is 0 Å². The Bertz CT molecular complexity index is 538. The van der Waals surface area contributed by atoms with E-state index in [1.807, 2.05) is 20.8 Å². The molecule has 0 aliphatic rings. The van der Waals surface area contributed by atoms with Gasteiger partial charge in [-0.2, -0.15) is 0 Å². The molecule has 0 atom stereocenters. The van der Waals surface area contributed by atoms with E-state index < -0.39 is 0 Å². The fraction of sp³-hybridized carbons (Fsp3) is 0.333. The molecule has 1 aromatic heterocycles. The standard InChI is InChI=1S/C15H17FO2/c1-9(2)15-13(8-17)14(10(3)18-15)11-4-6-12(16)7-5-11/h4-7,9,17H,8H2,1-3H3. The first-order chi connectivity index (χ1) is 8.54. The molecule has 96 valence electrons. The van der Waals surface area contributed by atoms with Crippen LogP contribution in [0.2, 0.25) is 0 Å². The molecule has 2 rings (SSSR count). The summed E-state index contributed by atoms with van der Waals surface area (Å²) >= 11 is 0. The number of rotatable bonds is 3. The number of benzene rings is 1. The van der Waals surface area contributed by atoms with Gasteiger partial charge < -0.3 is 9.52 Å². The maximum absolute atomic E-state index is 12.9. The predicted molar refractivity (Wildman–Crippen MR) is 68.9 cm³/mol. The fourth-order valence-corrected chi connectivity index (χ4v) is 2.23. The normalized spacial score (nSPS) is 11.2. The first-order valence-corrected chi connectivity index (χ1v) is 6.03. The zero-order chi connectivity index (χ0) is 13.3. The van der Waals surface area contributed by atoms with Gasteiger partial charge in [-0.3, -0.25) is 0 Å². The third-order valence-electron chi connectivity index (χ3n) is 3.03. The first kappa shape index (κ1) is 12.8. The minimum atomic E-state index is -0.269. The van der Waals surface area contributed by atoms with E-state index in [4.69, 9.17) is 4.42 Å². The lowest BCUT2D eigenvalue weighted by Crippen LogP contribution is -1.93. The second kappa shape index (κ2) is 4.94. The topological polar surface area (TPSA) is 33.4 Å². The number of furan rings is 1. The van der Waals surface area contributed by atoms with Crippen molar-refractivity contribution < 1.29 is 13.9 Å². The molecule has 18 heavy (non-hydrogen) atoms. The monoisotopic (exact) mass is 248 g/mol. The Labute approximate surface area is 106 Å². The molecule has 0 aliphatic carbocycles. The smallest absolute Gasteiger partial charge is 0.123 e. The Morgan fingerprint density at radius 1 is 1.22 bits per heavy atom. The third kappa shape index (κ3) is 2.18. The van der Waals surface area contributed by atoms with Crippen LogP contribution in [0.4, 0.5) is 4.39 Å². The van der Waals surface area contributed by atoms with Crippen molar-refractivity contribution in [1.29, 1.82) is 0 Å². The highest BCUT2D eigenvalue weighted by atomic mass is 19.1. The molecule has 0 aliphatic heterocycles. The highest BCUT2D eigenvalue weighted by Gasteiger charge is 2.20. The number of hydrogen-bond donors (Lipinski definition) is 1. The van der Waals surface area contributed by atoms with E-state index in [2.05, 4.69) is 0 Å². The lowest BCUT2D eigenvalue weighted by atomic mass is 9.98. The van der Waals surface area contributed by atoms with E-state index >= 15 is 0 Å². The molecule has 0 fully saturated rings. The van der Waals surface area contributed by atoms with Crippen molar-refractivity contribution in [1.82, 2.24) is 0 Å². The average molecular weight is 248 g/mol. The molecule has 0 saturated heterocycles. The van der Waals surface area contributed by atoms with Crippen LogP contribution in [0.3, 0.4) is 0 Å². The largest absolute Gasteiger partial charge is 0.465 e. The van der Waals surface area contributed by atoms with Crippen LogP contribution in [0.1, 0.15) is 36.8 Å². The molecular weight excluding hydrogens is 231 g/mol. The van der Waals surface area contributed by atoms with E-state index in [0.717, 1.165) is 28.2 Å². The van der Waals surface area contributed by atoms with Crippen molar-refractivity contribution in [2.75, 3.05) is 0 Å². The maximum Gasteiger partial charge on any atom is 0.123 e. The highest BCUT2D eigenvalue weighted by molar-refractivity contribution is 5.70. The van der Waals surface area contributed by atoms with Gasteiger partial charge in [-0.25, -0.2) is 4.39 Å². The lowest BCUT2D eigenvalue weighted by molar-refractivity contribution is 0.277. The van der Waals surface area contributed by atoms with Crippen molar-refractivity contribution in [2.45, 2.75) is 33.3 Å². The summed E-state index contributed by atoms with van der Waals surface area (Å²) in [6, 6.07) is 6.24. The molecule has 2 nitrogen and oxygen atoms in total. The highest BCUT2D eigenvalue weighted by Crippen LogP contribution is 2.35. The Hall–Kier alpha value is -1.61. The molecule has 0 radical (unpaired) electrons. The summed E-state index contributed by atoms with van der Waals surface area (Å²) in [5, 5.41) is 9.54. The van der Waals surface area contributed by atoms with E-state index in [1.54, 1.807) is 12.1 Å². The van der Waals surface area contributed by atoms with E-state index in [-0.39, 0.29) is 18.3 Å². The van der Waals surface area contributed by atoms with Crippen LogP contribution in [0.25, 0.3) is 11.1 Å². The van der Waals surface area contributed by atoms with Crippen molar-refractivity contribution in [3.8, 4) is 11.1 Å². The van der Waals surface area contributed by atoms with Crippen LogP contribution < -0.4 is 0 Å². The summed E-state index contributed by atoms with van der Waals surface area (Å²) in [7, 11) is 0. The molecular formula is C15H17FO2. The first-order valence-electron chi connectivity index (χ1n) is 6.03. The van der Waals surface area contributed by atoms with E-state index in [0.29, 0.717) is 0 Å². The fourth-order valence-electron chi connectivity index (χ4n) is 2.23. The summed E-state index contributed by atoms with van der Waals surface area (Å²) in [5.41, 5.74) is 2.55. The quantitative estimate of drug-likeness (QED) is 0.890. The molecule has 0 unspecified atom stereocenters. The number of aliphatic hydroxyl groups excluding tert-OH is 1. The Morgan fingerprint density at radius 3 is 2.33 bits per heavy atom. The summed E-state index contributed by atoms with van der Waals surface area (Å²) in [6.07, 6.45) is 0. The zero-order valence-corrected chi connectivity index (χ0v) is 10.8. The van der Waals surface area contributed by atoms with Crippen molar-refractivity contribution in [3.05, 3.63) is 47.2 Å². The number of hydrogen-bond acceptors (Lipinski definition) is 2. The molecule has 1 heterocycles. The lowest BCUT2D eigenvalue weighted by Gasteiger charge is -2.05. The SMILES string of the molecule is Cc1oc(C(C)C)c(CO)c1-c1ccc(F)cc1. The van der Waals surface area contributed by atoms with Gasteiger partial charge in [0.2, 0.25) is 0 Å². The summed E-state index contributed by atoms with van der Waals surface area (Å²) < 4.78 is 18.7. The van der Waals surface area contributed by atoms with Gasteiger partial charge in [-0.05, 0) is 24.6 Å². The van der Waals surface area contributed by atoms with Gasteiger partial charge in [0.1, 0.15) is 17.3 Å². The van der Waals surface area contributed by atoms with E-state index in [9.17, 15) is 9.50 Å². The maximum atomic E-state index is 12.9. The number of aryl methyl sites for hydroxylation is 1. The summed E-state index contributed by atoms with van der Waals surface area (Å²) in [4.78, 5) is 0. The Morgan fingerprint density at radius 2 is 1.83 bits per heavy atom.